The number of nitrogens with zero attached hydrogens (tertiary/aromatic N) is 1. The molecule has 2 aromatic carbocycles. The maximum absolute atomic E-state index is 9.10. The van der Waals surface area contributed by atoms with Gasteiger partial charge in [0.1, 0.15) is 0 Å². The lowest BCUT2D eigenvalue weighted by Crippen LogP contribution is -2.31. The van der Waals surface area contributed by atoms with Crippen molar-refractivity contribution in [2.45, 2.75) is 19.3 Å². The smallest absolute Gasteiger partial charge is 0.0662 e. The van der Waals surface area contributed by atoms with E-state index in [1.807, 2.05) is 0 Å². The molecule has 0 heterocycles. The van der Waals surface area contributed by atoms with E-state index in [0.717, 1.165) is 6.42 Å². The van der Waals surface area contributed by atoms with E-state index in [1.165, 1.54) is 16.3 Å². The highest BCUT2D eigenvalue weighted by Crippen LogP contribution is 2.47. The zero-order valence-corrected chi connectivity index (χ0v) is 9.93. The molecule has 0 spiro atoms. The second-order valence-corrected chi connectivity index (χ2v) is 5.08. The standard InChI is InChI=1S/C16H15N/c1-11-8-15(10-17)16(11)14-7-6-12-4-2-3-5-13(12)9-14/h2-7,9,11,15-16H,8H2,1H3. The van der Waals surface area contributed by atoms with Crippen molar-refractivity contribution in [3.8, 4) is 6.07 Å². The maximum atomic E-state index is 9.10. The Morgan fingerprint density at radius 1 is 1.12 bits per heavy atom. The Bertz CT molecular complexity index is 594. The lowest BCUT2D eigenvalue weighted by Gasteiger charge is -2.39. The lowest BCUT2D eigenvalue weighted by atomic mass is 9.63. The van der Waals surface area contributed by atoms with Crippen LogP contribution in [-0.4, -0.2) is 0 Å². The van der Waals surface area contributed by atoms with Gasteiger partial charge in [-0.25, -0.2) is 0 Å². The molecule has 17 heavy (non-hydrogen) atoms. The van der Waals surface area contributed by atoms with E-state index >= 15 is 0 Å². The van der Waals surface area contributed by atoms with Gasteiger partial charge in [-0.1, -0.05) is 49.4 Å². The van der Waals surface area contributed by atoms with Crippen molar-refractivity contribution >= 4 is 10.8 Å². The number of nitriles is 1. The van der Waals surface area contributed by atoms with Crippen LogP contribution in [0.1, 0.15) is 24.8 Å². The molecule has 1 aliphatic rings. The van der Waals surface area contributed by atoms with E-state index in [0.29, 0.717) is 11.8 Å². The Hall–Kier alpha value is -1.81. The lowest BCUT2D eigenvalue weighted by molar-refractivity contribution is 0.209. The average molecular weight is 221 g/mol. The number of hydrogen-bond acceptors (Lipinski definition) is 1. The Labute approximate surface area is 102 Å². The Morgan fingerprint density at radius 3 is 2.59 bits per heavy atom. The van der Waals surface area contributed by atoms with E-state index < -0.39 is 0 Å². The molecule has 3 rings (SSSR count). The summed E-state index contributed by atoms with van der Waals surface area (Å²) in [5, 5.41) is 11.7. The molecule has 3 unspecified atom stereocenters. The largest absolute Gasteiger partial charge is 0.198 e. The molecule has 0 aliphatic heterocycles. The van der Waals surface area contributed by atoms with Crippen LogP contribution in [0, 0.1) is 23.2 Å². The summed E-state index contributed by atoms with van der Waals surface area (Å²) in [4.78, 5) is 0. The molecule has 2 aromatic rings. The van der Waals surface area contributed by atoms with Crippen LogP contribution in [0.3, 0.4) is 0 Å². The third-order valence-electron chi connectivity index (χ3n) is 4.00. The molecule has 1 nitrogen and oxygen atoms in total. The van der Waals surface area contributed by atoms with Crippen LogP contribution in [0.4, 0.5) is 0 Å². The molecule has 1 heteroatoms. The molecule has 1 saturated carbocycles. The van der Waals surface area contributed by atoms with Crippen molar-refractivity contribution in [2.75, 3.05) is 0 Å². The van der Waals surface area contributed by atoms with Gasteiger partial charge in [-0.05, 0) is 28.7 Å². The van der Waals surface area contributed by atoms with Crippen LogP contribution in [0.2, 0.25) is 0 Å². The van der Waals surface area contributed by atoms with Crippen molar-refractivity contribution in [1.29, 1.82) is 5.26 Å². The topological polar surface area (TPSA) is 23.8 Å². The minimum atomic E-state index is 0.214. The number of fused-ring (bicyclic) bond motifs is 1. The Morgan fingerprint density at radius 2 is 1.88 bits per heavy atom. The van der Waals surface area contributed by atoms with Crippen LogP contribution < -0.4 is 0 Å². The van der Waals surface area contributed by atoms with Crippen molar-refractivity contribution in [3.63, 3.8) is 0 Å². The summed E-state index contributed by atoms with van der Waals surface area (Å²) < 4.78 is 0. The van der Waals surface area contributed by atoms with Crippen molar-refractivity contribution in [2.24, 2.45) is 11.8 Å². The summed E-state index contributed by atoms with van der Waals surface area (Å²) >= 11 is 0. The van der Waals surface area contributed by atoms with E-state index in [4.69, 9.17) is 5.26 Å². The fourth-order valence-corrected chi connectivity index (χ4v) is 3.00. The summed E-state index contributed by atoms with van der Waals surface area (Å²) in [6.45, 7) is 2.24. The highest BCUT2D eigenvalue weighted by atomic mass is 14.4. The first-order valence-electron chi connectivity index (χ1n) is 6.18. The molecule has 0 saturated heterocycles. The van der Waals surface area contributed by atoms with Crippen LogP contribution in [-0.2, 0) is 0 Å². The second kappa shape index (κ2) is 3.89. The van der Waals surface area contributed by atoms with Gasteiger partial charge in [0.25, 0.3) is 0 Å². The van der Waals surface area contributed by atoms with Crippen molar-refractivity contribution < 1.29 is 0 Å². The Kier molecular flexibility index (Phi) is 2.37. The molecule has 0 N–H and O–H groups in total. The normalized spacial score (nSPS) is 27.4. The number of hydrogen-bond donors (Lipinski definition) is 0. The van der Waals surface area contributed by atoms with Gasteiger partial charge in [-0.2, -0.15) is 5.26 Å². The molecule has 84 valence electrons. The van der Waals surface area contributed by atoms with E-state index in [2.05, 4.69) is 55.5 Å². The molecule has 0 aromatic heterocycles. The fraction of sp³-hybridized carbons (Fsp3) is 0.312. The molecule has 3 atom stereocenters. The quantitative estimate of drug-likeness (QED) is 0.711. The van der Waals surface area contributed by atoms with Gasteiger partial charge >= 0.3 is 0 Å². The summed E-state index contributed by atoms with van der Waals surface area (Å²) in [5.41, 5.74) is 1.33. The van der Waals surface area contributed by atoms with Gasteiger partial charge in [0.15, 0.2) is 0 Å². The zero-order chi connectivity index (χ0) is 11.8. The number of benzene rings is 2. The van der Waals surface area contributed by atoms with Crippen LogP contribution in [0.5, 0.6) is 0 Å². The van der Waals surface area contributed by atoms with Crippen molar-refractivity contribution in [1.82, 2.24) is 0 Å². The van der Waals surface area contributed by atoms with E-state index in [9.17, 15) is 0 Å². The predicted molar refractivity (Wildman–Crippen MR) is 69.6 cm³/mol. The monoisotopic (exact) mass is 221 g/mol. The van der Waals surface area contributed by atoms with Gasteiger partial charge in [-0.3, -0.25) is 0 Å². The zero-order valence-electron chi connectivity index (χ0n) is 9.93. The molecule has 0 amide bonds. The Balaban J connectivity index is 2.04. The minimum absolute atomic E-state index is 0.214. The molecule has 0 bridgehead atoms. The van der Waals surface area contributed by atoms with Gasteiger partial charge in [-0.15, -0.1) is 0 Å². The fourth-order valence-electron chi connectivity index (χ4n) is 3.00. The summed E-state index contributed by atoms with van der Waals surface area (Å²) in [5.74, 6) is 1.29. The predicted octanol–water partition coefficient (Wildman–Crippen LogP) is 4.10. The highest BCUT2D eigenvalue weighted by molar-refractivity contribution is 5.83. The summed E-state index contributed by atoms with van der Waals surface area (Å²) in [6.07, 6.45) is 1.05. The van der Waals surface area contributed by atoms with Gasteiger partial charge in [0.05, 0.1) is 12.0 Å². The second-order valence-electron chi connectivity index (χ2n) is 5.08. The van der Waals surface area contributed by atoms with Gasteiger partial charge < -0.3 is 0 Å². The van der Waals surface area contributed by atoms with Crippen LogP contribution >= 0.6 is 0 Å². The first kappa shape index (κ1) is 10.4. The minimum Gasteiger partial charge on any atom is -0.198 e. The summed E-state index contributed by atoms with van der Waals surface area (Å²) in [7, 11) is 0. The molecule has 0 radical (unpaired) electrons. The van der Waals surface area contributed by atoms with E-state index in [-0.39, 0.29) is 5.92 Å². The third-order valence-corrected chi connectivity index (χ3v) is 4.00. The van der Waals surface area contributed by atoms with E-state index in [1.54, 1.807) is 0 Å². The SMILES string of the molecule is CC1CC(C#N)C1c1ccc2ccccc2c1. The molecule has 1 fully saturated rings. The van der Waals surface area contributed by atoms with Crippen molar-refractivity contribution in [3.05, 3.63) is 48.0 Å². The van der Waals surface area contributed by atoms with Crippen LogP contribution in [0.15, 0.2) is 42.5 Å². The van der Waals surface area contributed by atoms with Gasteiger partial charge in [0, 0.05) is 5.92 Å². The van der Waals surface area contributed by atoms with Gasteiger partial charge in [0.2, 0.25) is 0 Å². The first-order valence-corrected chi connectivity index (χ1v) is 6.18. The first-order chi connectivity index (χ1) is 8.29. The summed E-state index contributed by atoms with van der Waals surface area (Å²) in [6, 6.07) is 17.4. The highest BCUT2D eigenvalue weighted by Gasteiger charge is 2.39. The van der Waals surface area contributed by atoms with Crippen LogP contribution in [0.25, 0.3) is 10.8 Å². The molecular weight excluding hydrogens is 206 g/mol. The third kappa shape index (κ3) is 1.61. The molecule has 1 aliphatic carbocycles. The molecular formula is C16H15N. The maximum Gasteiger partial charge on any atom is 0.0662 e. The number of rotatable bonds is 1. The average Bonchev–Trinajstić information content (AvgIpc) is 2.35.